The van der Waals surface area contributed by atoms with E-state index in [0.717, 1.165) is 5.52 Å². The Morgan fingerprint density at radius 3 is 2.67 bits per heavy atom. The van der Waals surface area contributed by atoms with Crippen LogP contribution in [0.1, 0.15) is 0 Å². The Morgan fingerprint density at radius 1 is 1.27 bits per heavy atom. The lowest BCUT2D eigenvalue weighted by atomic mass is 10.3. The third kappa shape index (κ3) is 1.14. The number of fused-ring (bicyclic) bond motifs is 2. The maximum atomic E-state index is 12.7. The molecule has 2 aromatic rings. The van der Waals surface area contributed by atoms with Gasteiger partial charge in [-0.2, -0.15) is 0 Å². The smallest absolute Gasteiger partial charge is 0.395 e. The zero-order chi connectivity index (χ0) is 10.6. The molecule has 6 heteroatoms. The summed E-state index contributed by atoms with van der Waals surface area (Å²) in [6.07, 6.45) is -1.97. The number of hydrogen-bond donors (Lipinski definition) is 0. The third-order valence-corrected chi connectivity index (χ3v) is 2.25. The van der Waals surface area contributed by atoms with Crippen LogP contribution >= 0.6 is 0 Å². The van der Waals surface area contributed by atoms with Crippen molar-refractivity contribution in [1.82, 2.24) is 9.55 Å². The van der Waals surface area contributed by atoms with Crippen LogP contribution < -0.4 is 9.47 Å². The van der Waals surface area contributed by atoms with Gasteiger partial charge < -0.3 is 14.0 Å². The molecule has 0 spiro atoms. The molecule has 0 amide bonds. The van der Waals surface area contributed by atoms with Crippen molar-refractivity contribution in [2.24, 2.45) is 7.05 Å². The Balaban J connectivity index is 2.24. The molecular weight excluding hydrogens is 206 g/mol. The van der Waals surface area contributed by atoms with Crippen molar-refractivity contribution in [2.75, 3.05) is 0 Å². The summed E-state index contributed by atoms with van der Waals surface area (Å²) in [5.74, 6) is 0.0577. The van der Waals surface area contributed by atoms with Crippen LogP contribution in [0.15, 0.2) is 18.5 Å². The molecule has 15 heavy (non-hydrogen) atoms. The van der Waals surface area contributed by atoms with Gasteiger partial charge in [-0.15, -0.1) is 8.78 Å². The molecule has 0 N–H and O–H groups in total. The first-order chi connectivity index (χ1) is 7.05. The quantitative estimate of drug-likeness (QED) is 0.669. The minimum Gasteiger partial charge on any atom is -0.395 e. The lowest BCUT2D eigenvalue weighted by Crippen LogP contribution is -2.25. The molecular formula is C9H6F2N2O2. The number of imidazole rings is 1. The molecule has 0 saturated heterocycles. The van der Waals surface area contributed by atoms with Gasteiger partial charge in [0.15, 0.2) is 11.5 Å². The molecule has 0 atom stereocenters. The molecule has 1 aromatic heterocycles. The van der Waals surface area contributed by atoms with Gasteiger partial charge in [-0.25, -0.2) is 4.98 Å². The molecule has 1 aliphatic rings. The molecule has 0 saturated carbocycles. The van der Waals surface area contributed by atoms with E-state index >= 15 is 0 Å². The highest BCUT2D eigenvalue weighted by Crippen LogP contribution is 2.42. The van der Waals surface area contributed by atoms with Crippen molar-refractivity contribution in [3.8, 4) is 11.5 Å². The van der Waals surface area contributed by atoms with Gasteiger partial charge in [0.05, 0.1) is 17.4 Å². The summed E-state index contributed by atoms with van der Waals surface area (Å²) < 4.78 is 35.8. The van der Waals surface area contributed by atoms with Crippen molar-refractivity contribution in [3.05, 3.63) is 18.5 Å². The molecule has 0 aliphatic carbocycles. The van der Waals surface area contributed by atoms with Gasteiger partial charge in [0, 0.05) is 19.2 Å². The average molecular weight is 212 g/mol. The van der Waals surface area contributed by atoms with Gasteiger partial charge in [-0.1, -0.05) is 0 Å². The van der Waals surface area contributed by atoms with E-state index in [9.17, 15) is 8.78 Å². The highest BCUT2D eigenvalue weighted by Gasteiger charge is 2.43. The molecule has 0 unspecified atom stereocenters. The summed E-state index contributed by atoms with van der Waals surface area (Å²) in [5, 5.41) is 0. The number of benzene rings is 1. The molecule has 3 rings (SSSR count). The molecule has 2 heterocycles. The minimum atomic E-state index is -3.57. The van der Waals surface area contributed by atoms with E-state index in [1.807, 2.05) is 0 Å². The second-order valence-electron chi connectivity index (χ2n) is 3.31. The number of halogens is 2. The molecule has 4 nitrogen and oxygen atoms in total. The van der Waals surface area contributed by atoms with Gasteiger partial charge in [0.25, 0.3) is 0 Å². The monoisotopic (exact) mass is 212 g/mol. The van der Waals surface area contributed by atoms with E-state index in [4.69, 9.17) is 0 Å². The fourth-order valence-electron chi connectivity index (χ4n) is 1.57. The number of rotatable bonds is 0. The number of alkyl halides is 2. The average Bonchev–Trinajstić information content (AvgIpc) is 2.62. The van der Waals surface area contributed by atoms with Crippen molar-refractivity contribution in [1.29, 1.82) is 0 Å². The van der Waals surface area contributed by atoms with Gasteiger partial charge in [0.2, 0.25) is 0 Å². The highest BCUT2D eigenvalue weighted by molar-refractivity contribution is 5.80. The fraction of sp³-hybridized carbons (Fsp3) is 0.222. The Labute approximate surface area is 83.0 Å². The lowest BCUT2D eigenvalue weighted by molar-refractivity contribution is -0.286. The number of hydrogen-bond acceptors (Lipinski definition) is 3. The van der Waals surface area contributed by atoms with Crippen LogP contribution in [-0.2, 0) is 7.05 Å². The zero-order valence-electron chi connectivity index (χ0n) is 7.70. The summed E-state index contributed by atoms with van der Waals surface area (Å²) in [6.45, 7) is 0. The third-order valence-electron chi connectivity index (χ3n) is 2.25. The minimum absolute atomic E-state index is 0.0196. The molecule has 1 aromatic carbocycles. The normalized spacial score (nSPS) is 17.3. The summed E-state index contributed by atoms with van der Waals surface area (Å²) in [6, 6.07) is 2.92. The molecule has 1 aliphatic heterocycles. The van der Waals surface area contributed by atoms with Crippen molar-refractivity contribution >= 4 is 11.0 Å². The maximum absolute atomic E-state index is 12.7. The van der Waals surface area contributed by atoms with Crippen LogP contribution in [0, 0.1) is 0 Å². The van der Waals surface area contributed by atoms with Gasteiger partial charge >= 0.3 is 6.29 Å². The standard InChI is InChI=1S/C9H6F2N2O2/c1-13-4-12-5-2-7-8(3-6(5)13)15-9(10,11)14-7/h2-4H,1H3. The molecule has 78 valence electrons. The Hall–Kier alpha value is -1.85. The molecule has 0 bridgehead atoms. The number of nitrogens with zero attached hydrogens (tertiary/aromatic N) is 2. The van der Waals surface area contributed by atoms with E-state index in [2.05, 4.69) is 14.5 Å². The summed E-state index contributed by atoms with van der Waals surface area (Å²) in [5.41, 5.74) is 1.31. The summed E-state index contributed by atoms with van der Waals surface area (Å²) in [4.78, 5) is 4.03. The Bertz CT molecular complexity index is 550. The predicted molar refractivity (Wildman–Crippen MR) is 46.9 cm³/mol. The van der Waals surface area contributed by atoms with Crippen LogP contribution in [0.5, 0.6) is 11.5 Å². The molecule has 0 radical (unpaired) electrons. The van der Waals surface area contributed by atoms with Gasteiger partial charge in [-0.05, 0) is 0 Å². The van der Waals surface area contributed by atoms with E-state index in [1.165, 1.54) is 12.1 Å². The topological polar surface area (TPSA) is 36.3 Å². The second-order valence-corrected chi connectivity index (χ2v) is 3.31. The first-order valence-electron chi connectivity index (χ1n) is 4.26. The zero-order valence-corrected chi connectivity index (χ0v) is 7.70. The first-order valence-corrected chi connectivity index (χ1v) is 4.26. The first kappa shape index (κ1) is 8.46. The summed E-state index contributed by atoms with van der Waals surface area (Å²) in [7, 11) is 1.77. The van der Waals surface area contributed by atoms with E-state index in [-0.39, 0.29) is 11.5 Å². The van der Waals surface area contributed by atoms with Crippen molar-refractivity contribution < 1.29 is 18.3 Å². The van der Waals surface area contributed by atoms with Crippen molar-refractivity contribution in [2.45, 2.75) is 6.29 Å². The largest absolute Gasteiger partial charge is 0.586 e. The Morgan fingerprint density at radius 2 is 1.93 bits per heavy atom. The van der Waals surface area contributed by atoms with E-state index < -0.39 is 6.29 Å². The number of aryl methyl sites for hydroxylation is 1. The highest BCUT2D eigenvalue weighted by atomic mass is 19.3. The predicted octanol–water partition coefficient (Wildman–Crippen LogP) is 1.89. The van der Waals surface area contributed by atoms with E-state index in [0.29, 0.717) is 5.52 Å². The van der Waals surface area contributed by atoms with Crippen LogP contribution in [0.2, 0.25) is 0 Å². The number of ether oxygens (including phenoxy) is 2. The van der Waals surface area contributed by atoms with Crippen LogP contribution in [0.3, 0.4) is 0 Å². The Kier molecular flexibility index (Phi) is 1.35. The van der Waals surface area contributed by atoms with Crippen LogP contribution in [0.4, 0.5) is 8.78 Å². The van der Waals surface area contributed by atoms with Crippen LogP contribution in [0.25, 0.3) is 11.0 Å². The van der Waals surface area contributed by atoms with E-state index in [1.54, 1.807) is 17.9 Å². The fourth-order valence-corrected chi connectivity index (χ4v) is 1.57. The summed E-state index contributed by atoms with van der Waals surface area (Å²) >= 11 is 0. The van der Waals surface area contributed by atoms with Gasteiger partial charge in [-0.3, -0.25) is 0 Å². The van der Waals surface area contributed by atoms with Crippen molar-refractivity contribution in [3.63, 3.8) is 0 Å². The second kappa shape index (κ2) is 2.39. The van der Waals surface area contributed by atoms with Gasteiger partial charge in [0.1, 0.15) is 0 Å². The van der Waals surface area contributed by atoms with Crippen LogP contribution in [-0.4, -0.2) is 15.8 Å². The maximum Gasteiger partial charge on any atom is 0.586 e. The molecule has 0 fully saturated rings. The lowest BCUT2D eigenvalue weighted by Gasteiger charge is -2.04. The SMILES string of the molecule is Cn1cnc2cc3c(cc21)OC(F)(F)O3. The number of aromatic nitrogens is 2.